The van der Waals surface area contributed by atoms with Crippen LogP contribution in [0.3, 0.4) is 0 Å². The van der Waals surface area contributed by atoms with Crippen molar-refractivity contribution in [3.8, 4) is 0 Å². The molecule has 7 rings (SSSR count). The van der Waals surface area contributed by atoms with Gasteiger partial charge in [0.05, 0.1) is 16.9 Å². The Morgan fingerprint density at radius 3 is 2.33 bits per heavy atom. The minimum Gasteiger partial charge on any atom is -0.352 e. The van der Waals surface area contributed by atoms with Gasteiger partial charge in [-0.1, -0.05) is 84.9 Å². The van der Waals surface area contributed by atoms with E-state index in [1.807, 2.05) is 66.4 Å². The first kappa shape index (κ1) is 25.6. The first-order valence-electron chi connectivity index (χ1n) is 13.7. The number of nitro benzene ring substituents is 1. The summed E-state index contributed by atoms with van der Waals surface area (Å²) in [6, 6.07) is 27.4. The molecule has 1 saturated heterocycles. The van der Waals surface area contributed by atoms with Crippen LogP contribution >= 0.6 is 0 Å². The summed E-state index contributed by atoms with van der Waals surface area (Å²) in [7, 11) is 0. The number of Topliss-reactive ketones (excluding diaryl/α,β-unsaturated/α-hetero) is 2. The van der Waals surface area contributed by atoms with E-state index in [4.69, 9.17) is 0 Å². The normalized spacial score (nSPS) is 23.5. The third kappa shape index (κ3) is 3.44. The van der Waals surface area contributed by atoms with Crippen LogP contribution in [0, 0.1) is 16.0 Å². The van der Waals surface area contributed by atoms with E-state index < -0.39 is 34.1 Å². The summed E-state index contributed by atoms with van der Waals surface area (Å²) >= 11 is 0. The van der Waals surface area contributed by atoms with Crippen molar-refractivity contribution in [2.45, 2.75) is 24.4 Å². The van der Waals surface area contributed by atoms with E-state index in [1.165, 1.54) is 24.3 Å². The first-order chi connectivity index (χ1) is 20.3. The number of non-ortho nitro benzene ring substituents is 1. The number of ketones is 2. The van der Waals surface area contributed by atoms with Crippen molar-refractivity contribution in [2.75, 3.05) is 10.2 Å². The van der Waals surface area contributed by atoms with Gasteiger partial charge in [0.1, 0.15) is 11.5 Å². The molecule has 3 aliphatic heterocycles. The van der Waals surface area contributed by atoms with Crippen LogP contribution in [-0.4, -0.2) is 34.5 Å². The Kier molecular flexibility index (Phi) is 5.69. The number of benzene rings is 4. The molecule has 1 amide bonds. The highest BCUT2D eigenvalue weighted by Crippen LogP contribution is 2.58. The Balaban J connectivity index is 1.55. The third-order valence-corrected chi connectivity index (χ3v) is 8.83. The molecule has 0 radical (unpaired) electrons. The molecule has 0 bridgehead atoms. The summed E-state index contributed by atoms with van der Waals surface area (Å²) < 4.78 is 0. The van der Waals surface area contributed by atoms with Gasteiger partial charge in [0.15, 0.2) is 11.6 Å². The number of amides is 1. The molecule has 0 saturated carbocycles. The number of fused-ring (bicyclic) bond motifs is 6. The highest BCUT2D eigenvalue weighted by atomic mass is 16.6. The van der Waals surface area contributed by atoms with E-state index in [0.29, 0.717) is 16.8 Å². The van der Waals surface area contributed by atoms with Gasteiger partial charge in [-0.25, -0.2) is 0 Å². The lowest BCUT2D eigenvalue weighted by atomic mass is 9.64. The molecule has 4 aromatic rings. The standard InChI is InChI=1S/C34H25N3O5/c1-20-18-28-34(25-15-6-7-16-26(25)35-33(34)40)29(31(38)22-12-9-13-23(19-22)37(41)42)30(32(39)21-10-3-2-4-11-21)36(28)27-17-8-5-14-24(20)27/h2-19,28-30H,1H3,(H,35,40)/t28-,29-,30-,34-/m0/s1. The van der Waals surface area contributed by atoms with Gasteiger partial charge in [-0.05, 0) is 30.2 Å². The molecule has 42 heavy (non-hydrogen) atoms. The molecular weight excluding hydrogens is 530 g/mol. The predicted octanol–water partition coefficient (Wildman–Crippen LogP) is 5.84. The number of hydrogen-bond acceptors (Lipinski definition) is 6. The van der Waals surface area contributed by atoms with Gasteiger partial charge in [0, 0.05) is 40.2 Å². The van der Waals surface area contributed by atoms with Gasteiger partial charge in [-0.3, -0.25) is 24.5 Å². The zero-order chi connectivity index (χ0) is 29.2. The maximum Gasteiger partial charge on any atom is 0.270 e. The minimum absolute atomic E-state index is 0.0745. The van der Waals surface area contributed by atoms with Gasteiger partial charge < -0.3 is 10.2 Å². The topological polar surface area (TPSA) is 110 Å². The number of rotatable bonds is 5. The lowest BCUT2D eigenvalue weighted by molar-refractivity contribution is -0.384. The highest BCUT2D eigenvalue weighted by molar-refractivity contribution is 6.18. The van der Waals surface area contributed by atoms with Crippen molar-refractivity contribution >= 4 is 40.1 Å². The van der Waals surface area contributed by atoms with Gasteiger partial charge >= 0.3 is 0 Å². The van der Waals surface area contributed by atoms with Gasteiger partial charge in [0.2, 0.25) is 5.91 Å². The second-order valence-corrected chi connectivity index (χ2v) is 10.9. The molecule has 4 aromatic carbocycles. The number of carbonyl (C=O) groups excluding carboxylic acids is 3. The molecule has 0 aromatic heterocycles. The molecule has 206 valence electrons. The zero-order valence-electron chi connectivity index (χ0n) is 22.6. The number of allylic oxidation sites excluding steroid dienone is 1. The maximum absolute atomic E-state index is 14.8. The largest absolute Gasteiger partial charge is 0.352 e. The zero-order valence-corrected chi connectivity index (χ0v) is 22.6. The molecule has 0 aliphatic carbocycles. The number of hydrogen-bond donors (Lipinski definition) is 1. The van der Waals surface area contributed by atoms with Crippen LogP contribution in [0.5, 0.6) is 0 Å². The molecule has 4 atom stereocenters. The van der Waals surface area contributed by atoms with Crippen molar-refractivity contribution in [2.24, 2.45) is 5.92 Å². The fourth-order valence-electron chi connectivity index (χ4n) is 7.11. The van der Waals surface area contributed by atoms with Crippen LogP contribution in [0.15, 0.2) is 109 Å². The van der Waals surface area contributed by atoms with E-state index in [9.17, 15) is 24.5 Å². The average molecular weight is 556 g/mol. The predicted molar refractivity (Wildman–Crippen MR) is 159 cm³/mol. The molecule has 1 N–H and O–H groups in total. The number of carbonyl (C=O) groups is 3. The summed E-state index contributed by atoms with van der Waals surface area (Å²) in [6.45, 7) is 1.96. The number of anilines is 2. The Morgan fingerprint density at radius 2 is 1.55 bits per heavy atom. The lowest BCUT2D eigenvalue weighted by Crippen LogP contribution is -2.51. The van der Waals surface area contributed by atoms with Gasteiger partial charge in [-0.2, -0.15) is 0 Å². The van der Waals surface area contributed by atoms with Crippen molar-refractivity contribution in [1.29, 1.82) is 0 Å². The molecule has 8 heteroatoms. The number of nitrogens with zero attached hydrogens (tertiary/aromatic N) is 2. The Hall–Kier alpha value is -5.37. The highest BCUT2D eigenvalue weighted by Gasteiger charge is 2.70. The third-order valence-electron chi connectivity index (χ3n) is 8.83. The van der Waals surface area contributed by atoms with Crippen LogP contribution in [0.1, 0.15) is 38.8 Å². The molecule has 3 aliphatic rings. The maximum atomic E-state index is 14.8. The average Bonchev–Trinajstić information content (AvgIpc) is 3.49. The molecule has 0 unspecified atom stereocenters. The van der Waals surface area contributed by atoms with E-state index in [2.05, 4.69) is 5.32 Å². The van der Waals surface area contributed by atoms with Crippen molar-refractivity contribution in [3.63, 3.8) is 0 Å². The monoisotopic (exact) mass is 555 g/mol. The fraction of sp³-hybridized carbons (Fsp3) is 0.147. The van der Waals surface area contributed by atoms with Crippen LogP contribution < -0.4 is 10.2 Å². The number of nitrogens with one attached hydrogen (secondary N) is 1. The summed E-state index contributed by atoms with van der Waals surface area (Å²) in [5, 5.41) is 14.7. The molecule has 3 heterocycles. The van der Waals surface area contributed by atoms with E-state index in [-0.39, 0.29) is 22.9 Å². The Labute approximate surface area is 241 Å². The van der Waals surface area contributed by atoms with Crippen molar-refractivity contribution in [3.05, 3.63) is 142 Å². The van der Waals surface area contributed by atoms with Crippen LogP contribution in [0.25, 0.3) is 5.57 Å². The van der Waals surface area contributed by atoms with E-state index in [0.717, 1.165) is 16.8 Å². The lowest BCUT2D eigenvalue weighted by Gasteiger charge is -2.39. The second-order valence-electron chi connectivity index (χ2n) is 10.9. The summed E-state index contributed by atoms with van der Waals surface area (Å²) in [5.74, 6) is -2.38. The molecular formula is C34H25N3O5. The summed E-state index contributed by atoms with van der Waals surface area (Å²) in [4.78, 5) is 56.9. The van der Waals surface area contributed by atoms with E-state index in [1.54, 1.807) is 30.3 Å². The minimum atomic E-state index is -1.48. The Morgan fingerprint density at radius 1 is 0.857 bits per heavy atom. The molecule has 1 fully saturated rings. The summed E-state index contributed by atoms with van der Waals surface area (Å²) in [6.07, 6.45) is 1.98. The van der Waals surface area contributed by atoms with Crippen LogP contribution in [0.4, 0.5) is 17.1 Å². The summed E-state index contributed by atoms with van der Waals surface area (Å²) in [5.41, 5.74) is 2.55. The van der Waals surface area contributed by atoms with E-state index >= 15 is 0 Å². The second kappa shape index (κ2) is 9.34. The molecule has 8 nitrogen and oxygen atoms in total. The first-order valence-corrected chi connectivity index (χ1v) is 13.7. The Bertz CT molecular complexity index is 1850. The van der Waals surface area contributed by atoms with Gasteiger partial charge in [0.25, 0.3) is 5.69 Å². The molecule has 1 spiro atoms. The fourth-order valence-corrected chi connectivity index (χ4v) is 7.11. The van der Waals surface area contributed by atoms with Crippen molar-refractivity contribution in [1.82, 2.24) is 0 Å². The van der Waals surface area contributed by atoms with Crippen LogP contribution in [-0.2, 0) is 10.2 Å². The quantitative estimate of drug-likeness (QED) is 0.188. The number of nitro groups is 1. The van der Waals surface area contributed by atoms with Gasteiger partial charge in [-0.15, -0.1) is 0 Å². The van der Waals surface area contributed by atoms with Crippen LogP contribution in [0.2, 0.25) is 0 Å². The number of para-hydroxylation sites is 2. The smallest absolute Gasteiger partial charge is 0.270 e. The van der Waals surface area contributed by atoms with Crippen molar-refractivity contribution < 1.29 is 19.3 Å². The SMILES string of the molecule is CC1=C[C@@H]2N(c3ccccc31)[C@H](C(=O)c1ccccc1)[C@@H](C(=O)c1cccc([N+](=O)[O-])c1)[C@@]21C(=O)Nc2ccccc21.